The lowest BCUT2D eigenvalue weighted by Crippen LogP contribution is -2.14. The predicted molar refractivity (Wildman–Crippen MR) is 127 cm³/mol. The lowest BCUT2D eigenvalue weighted by Gasteiger charge is -2.08. The SMILES string of the molecule is CCCCCCCCCCCCCOCCOCCOCCOCCOCCOCCF. The van der Waals surface area contributed by atoms with E-state index in [1.54, 1.807) is 0 Å². The van der Waals surface area contributed by atoms with Crippen molar-refractivity contribution in [3.8, 4) is 0 Å². The largest absolute Gasteiger partial charge is 0.379 e. The number of hydrogen-bond acceptors (Lipinski definition) is 6. The van der Waals surface area contributed by atoms with Crippen molar-refractivity contribution in [3.63, 3.8) is 0 Å². The van der Waals surface area contributed by atoms with Crippen LogP contribution in [0.2, 0.25) is 0 Å². The third kappa shape index (κ3) is 29.7. The van der Waals surface area contributed by atoms with Crippen LogP contribution in [0, 0.1) is 0 Å². The molecule has 194 valence electrons. The second kappa shape index (κ2) is 30.7. The van der Waals surface area contributed by atoms with Crippen molar-refractivity contribution in [2.45, 2.75) is 77.6 Å². The molecule has 0 aromatic heterocycles. The summed E-state index contributed by atoms with van der Waals surface area (Å²) in [6.07, 6.45) is 14.9. The zero-order valence-corrected chi connectivity index (χ0v) is 20.8. The van der Waals surface area contributed by atoms with E-state index in [-0.39, 0.29) is 6.61 Å². The van der Waals surface area contributed by atoms with Crippen LogP contribution >= 0.6 is 0 Å². The Kier molecular flexibility index (Phi) is 30.4. The molecule has 7 heteroatoms. The topological polar surface area (TPSA) is 55.4 Å². The van der Waals surface area contributed by atoms with Crippen LogP contribution in [0.25, 0.3) is 0 Å². The number of hydrogen-bond donors (Lipinski definition) is 0. The highest BCUT2D eigenvalue weighted by Gasteiger charge is 1.96. The van der Waals surface area contributed by atoms with Gasteiger partial charge < -0.3 is 28.4 Å². The molecular formula is C25H51FO6. The summed E-state index contributed by atoms with van der Waals surface area (Å²) in [6.45, 7) is 8.14. The van der Waals surface area contributed by atoms with Crippen molar-refractivity contribution >= 4 is 0 Å². The summed E-state index contributed by atoms with van der Waals surface area (Å²) >= 11 is 0. The van der Waals surface area contributed by atoms with Crippen molar-refractivity contribution in [1.29, 1.82) is 0 Å². The zero-order chi connectivity index (χ0) is 23.2. The van der Waals surface area contributed by atoms with Gasteiger partial charge in [0.1, 0.15) is 6.67 Å². The Morgan fingerprint density at radius 2 is 0.625 bits per heavy atom. The molecule has 0 unspecified atom stereocenters. The van der Waals surface area contributed by atoms with Crippen molar-refractivity contribution < 1.29 is 32.8 Å². The summed E-state index contributed by atoms with van der Waals surface area (Å²) in [5.74, 6) is 0. The number of ether oxygens (including phenoxy) is 6. The number of alkyl halides is 1. The fourth-order valence-electron chi connectivity index (χ4n) is 3.12. The highest BCUT2D eigenvalue weighted by molar-refractivity contribution is 4.48. The second-order valence-electron chi connectivity index (χ2n) is 7.90. The highest BCUT2D eigenvalue weighted by Crippen LogP contribution is 2.11. The van der Waals surface area contributed by atoms with Crippen LogP contribution in [-0.4, -0.2) is 86.0 Å². The molecule has 0 N–H and O–H groups in total. The van der Waals surface area contributed by atoms with E-state index in [9.17, 15) is 4.39 Å². The van der Waals surface area contributed by atoms with E-state index < -0.39 is 6.67 Å². The first-order chi connectivity index (χ1) is 15.9. The lowest BCUT2D eigenvalue weighted by atomic mass is 10.1. The fraction of sp³-hybridized carbons (Fsp3) is 1.00. The van der Waals surface area contributed by atoms with Crippen molar-refractivity contribution in [1.82, 2.24) is 0 Å². The zero-order valence-electron chi connectivity index (χ0n) is 20.8. The first kappa shape index (κ1) is 31.7. The van der Waals surface area contributed by atoms with Crippen LogP contribution in [0.1, 0.15) is 77.6 Å². The Hall–Kier alpha value is -0.310. The first-order valence-corrected chi connectivity index (χ1v) is 12.9. The Labute approximate surface area is 196 Å². The Balaban J connectivity index is 2.98. The van der Waals surface area contributed by atoms with E-state index >= 15 is 0 Å². The first-order valence-electron chi connectivity index (χ1n) is 12.9. The van der Waals surface area contributed by atoms with Gasteiger partial charge in [-0.15, -0.1) is 0 Å². The van der Waals surface area contributed by atoms with E-state index in [4.69, 9.17) is 28.4 Å². The molecule has 0 fully saturated rings. The maximum atomic E-state index is 11.8. The van der Waals surface area contributed by atoms with E-state index in [1.165, 1.54) is 64.2 Å². The van der Waals surface area contributed by atoms with Crippen LogP contribution in [0.4, 0.5) is 4.39 Å². The normalized spacial score (nSPS) is 11.4. The molecule has 0 aliphatic heterocycles. The fourth-order valence-corrected chi connectivity index (χ4v) is 3.12. The molecule has 6 nitrogen and oxygen atoms in total. The molecule has 0 bridgehead atoms. The molecule has 0 aliphatic rings. The van der Waals surface area contributed by atoms with Gasteiger partial charge in [0.05, 0.1) is 72.7 Å². The average molecular weight is 467 g/mol. The predicted octanol–water partition coefficient (Wildman–Crippen LogP) is 5.37. The molecule has 32 heavy (non-hydrogen) atoms. The van der Waals surface area contributed by atoms with Gasteiger partial charge in [-0.2, -0.15) is 0 Å². The van der Waals surface area contributed by atoms with Crippen LogP contribution in [0.5, 0.6) is 0 Å². The molecule has 0 spiro atoms. The van der Waals surface area contributed by atoms with Gasteiger partial charge >= 0.3 is 0 Å². The summed E-state index contributed by atoms with van der Waals surface area (Å²) < 4.78 is 44.0. The quantitative estimate of drug-likeness (QED) is 0.138. The summed E-state index contributed by atoms with van der Waals surface area (Å²) in [5.41, 5.74) is 0. The van der Waals surface area contributed by atoms with E-state index in [0.717, 1.165) is 13.0 Å². The maximum absolute atomic E-state index is 11.8. The molecule has 0 rings (SSSR count). The Morgan fingerprint density at radius 1 is 0.344 bits per heavy atom. The van der Waals surface area contributed by atoms with Gasteiger partial charge in [-0.05, 0) is 6.42 Å². The van der Waals surface area contributed by atoms with Gasteiger partial charge in [-0.3, -0.25) is 0 Å². The minimum absolute atomic E-state index is 0.132. The monoisotopic (exact) mass is 466 g/mol. The van der Waals surface area contributed by atoms with Crippen molar-refractivity contribution in [2.75, 3.05) is 86.0 Å². The van der Waals surface area contributed by atoms with Crippen LogP contribution in [0.3, 0.4) is 0 Å². The highest BCUT2D eigenvalue weighted by atomic mass is 19.1. The smallest absolute Gasteiger partial charge is 0.113 e. The molecule has 0 heterocycles. The second-order valence-corrected chi connectivity index (χ2v) is 7.90. The van der Waals surface area contributed by atoms with Gasteiger partial charge in [0.15, 0.2) is 0 Å². The summed E-state index contributed by atoms with van der Waals surface area (Å²) in [7, 11) is 0. The van der Waals surface area contributed by atoms with Crippen LogP contribution in [0.15, 0.2) is 0 Å². The molecule has 0 saturated carbocycles. The van der Waals surface area contributed by atoms with Gasteiger partial charge in [0.25, 0.3) is 0 Å². The third-order valence-corrected chi connectivity index (χ3v) is 4.97. The molecule has 0 amide bonds. The number of unbranched alkanes of at least 4 members (excludes halogenated alkanes) is 10. The van der Waals surface area contributed by atoms with Gasteiger partial charge in [0.2, 0.25) is 0 Å². The van der Waals surface area contributed by atoms with Crippen molar-refractivity contribution in [2.24, 2.45) is 0 Å². The maximum Gasteiger partial charge on any atom is 0.113 e. The minimum Gasteiger partial charge on any atom is -0.379 e. The Morgan fingerprint density at radius 3 is 0.969 bits per heavy atom. The molecular weight excluding hydrogens is 415 g/mol. The van der Waals surface area contributed by atoms with Crippen molar-refractivity contribution in [3.05, 3.63) is 0 Å². The number of halogens is 1. The molecule has 0 radical (unpaired) electrons. The molecule has 0 saturated heterocycles. The third-order valence-electron chi connectivity index (χ3n) is 4.97. The lowest BCUT2D eigenvalue weighted by molar-refractivity contribution is -0.0172. The van der Waals surface area contributed by atoms with Gasteiger partial charge in [-0.1, -0.05) is 71.1 Å². The molecule has 0 atom stereocenters. The Bertz CT molecular complexity index is 293. The van der Waals surface area contributed by atoms with E-state index in [1.807, 2.05) is 0 Å². The van der Waals surface area contributed by atoms with Crippen LogP contribution < -0.4 is 0 Å². The van der Waals surface area contributed by atoms with Crippen LogP contribution in [-0.2, 0) is 28.4 Å². The molecule has 0 aromatic rings. The minimum atomic E-state index is -0.457. The standard InChI is InChI=1S/C25H51FO6/c1-2-3-4-5-6-7-8-9-10-11-12-14-27-16-18-29-20-22-31-24-25-32-23-21-30-19-17-28-15-13-26/h2-25H2,1H3. The summed E-state index contributed by atoms with van der Waals surface area (Å²) in [4.78, 5) is 0. The average Bonchev–Trinajstić information content (AvgIpc) is 2.81. The summed E-state index contributed by atoms with van der Waals surface area (Å²) in [5, 5.41) is 0. The van der Waals surface area contributed by atoms with Gasteiger partial charge in [0, 0.05) is 6.61 Å². The van der Waals surface area contributed by atoms with E-state index in [2.05, 4.69) is 6.92 Å². The van der Waals surface area contributed by atoms with Gasteiger partial charge in [-0.25, -0.2) is 4.39 Å². The molecule has 0 aromatic carbocycles. The number of rotatable bonds is 29. The summed E-state index contributed by atoms with van der Waals surface area (Å²) in [6, 6.07) is 0. The molecule has 0 aliphatic carbocycles. The van der Waals surface area contributed by atoms with E-state index in [0.29, 0.717) is 66.1 Å².